The van der Waals surface area contributed by atoms with Crippen LogP contribution in [0.3, 0.4) is 0 Å². The highest BCUT2D eigenvalue weighted by Gasteiger charge is 2.37. The summed E-state index contributed by atoms with van der Waals surface area (Å²) in [5.41, 5.74) is 6.30. The zero-order chi connectivity index (χ0) is 19.1. The average Bonchev–Trinajstić information content (AvgIpc) is 3.28. The lowest BCUT2D eigenvalue weighted by molar-refractivity contribution is 0.433. The molecule has 5 heteroatoms. The van der Waals surface area contributed by atoms with Crippen molar-refractivity contribution >= 4 is 21.4 Å². The number of sulfonamides is 1. The van der Waals surface area contributed by atoms with Crippen LogP contribution in [0.4, 0.5) is 0 Å². The van der Waals surface area contributed by atoms with Gasteiger partial charge in [-0.2, -0.15) is 11.3 Å². The molecule has 0 aliphatic heterocycles. The largest absolute Gasteiger partial charge is 0.241 e. The first kappa shape index (κ1) is 19.6. The average molecular weight is 392 g/mol. The Labute approximate surface area is 161 Å². The predicted molar refractivity (Wildman–Crippen MR) is 110 cm³/mol. The molecule has 0 atom stereocenters. The first-order valence-corrected chi connectivity index (χ1v) is 11.7. The van der Waals surface area contributed by atoms with E-state index in [9.17, 15) is 8.42 Å². The predicted octanol–water partition coefficient (Wildman–Crippen LogP) is 5.08. The summed E-state index contributed by atoms with van der Waals surface area (Å²) < 4.78 is 29.5. The maximum absolute atomic E-state index is 13.2. The molecule has 0 saturated heterocycles. The second kappa shape index (κ2) is 7.10. The van der Waals surface area contributed by atoms with Gasteiger partial charge in [-0.15, -0.1) is 0 Å². The molecule has 142 valence electrons. The number of hydrogen-bond donors (Lipinski definition) is 1. The van der Waals surface area contributed by atoms with Gasteiger partial charge in [-0.25, -0.2) is 13.1 Å². The van der Waals surface area contributed by atoms with E-state index in [2.05, 4.69) is 28.5 Å². The number of nitrogens with one attached hydrogen (secondary N) is 1. The summed E-state index contributed by atoms with van der Waals surface area (Å²) in [5.74, 6) is 0. The lowest BCUT2D eigenvalue weighted by Gasteiger charge is -2.29. The molecule has 0 spiro atoms. The molecule has 1 fully saturated rings. The normalized spacial score (nSPS) is 17.0. The van der Waals surface area contributed by atoms with Crippen molar-refractivity contribution in [3.63, 3.8) is 0 Å². The highest BCUT2D eigenvalue weighted by molar-refractivity contribution is 7.89. The monoisotopic (exact) mass is 391 g/mol. The fourth-order valence-corrected chi connectivity index (χ4v) is 6.86. The van der Waals surface area contributed by atoms with E-state index in [0.29, 0.717) is 11.4 Å². The molecule has 1 aromatic heterocycles. The van der Waals surface area contributed by atoms with E-state index in [-0.39, 0.29) is 5.41 Å². The molecule has 0 amide bonds. The molecular formula is C21H29NO2S2. The second-order valence-corrected chi connectivity index (χ2v) is 10.3. The van der Waals surface area contributed by atoms with Crippen LogP contribution in [0.2, 0.25) is 0 Å². The van der Waals surface area contributed by atoms with E-state index in [1.807, 2.05) is 27.7 Å². The molecule has 0 radical (unpaired) electrons. The molecule has 3 nitrogen and oxygen atoms in total. The van der Waals surface area contributed by atoms with Gasteiger partial charge in [0.1, 0.15) is 0 Å². The van der Waals surface area contributed by atoms with E-state index in [1.165, 1.54) is 24.0 Å². The van der Waals surface area contributed by atoms with Crippen LogP contribution in [0.1, 0.15) is 59.1 Å². The third kappa shape index (κ3) is 3.25. The Morgan fingerprint density at radius 2 is 1.50 bits per heavy atom. The van der Waals surface area contributed by atoms with Gasteiger partial charge >= 0.3 is 0 Å². The SMILES string of the molecule is Cc1c(C)c(C)c(S(=O)(=O)NCC2(c3ccsc3)CCCC2)c(C)c1C. The molecule has 2 aromatic rings. The van der Waals surface area contributed by atoms with Crippen LogP contribution in [-0.2, 0) is 15.4 Å². The summed E-state index contributed by atoms with van der Waals surface area (Å²) in [6, 6.07) is 2.15. The Balaban J connectivity index is 1.96. The molecule has 3 rings (SSSR count). The third-order valence-electron chi connectivity index (χ3n) is 6.49. The van der Waals surface area contributed by atoms with Gasteiger partial charge in [0, 0.05) is 12.0 Å². The van der Waals surface area contributed by atoms with E-state index in [1.54, 1.807) is 11.3 Å². The van der Waals surface area contributed by atoms with Crippen LogP contribution < -0.4 is 4.72 Å². The minimum atomic E-state index is -3.55. The minimum Gasteiger partial charge on any atom is -0.210 e. The van der Waals surface area contributed by atoms with Crippen molar-refractivity contribution in [2.24, 2.45) is 0 Å². The van der Waals surface area contributed by atoms with Crippen molar-refractivity contribution in [2.75, 3.05) is 6.54 Å². The van der Waals surface area contributed by atoms with Crippen LogP contribution in [0.15, 0.2) is 21.7 Å². The lowest BCUT2D eigenvalue weighted by atomic mass is 9.81. The number of benzene rings is 1. The van der Waals surface area contributed by atoms with Crippen molar-refractivity contribution in [1.29, 1.82) is 0 Å². The van der Waals surface area contributed by atoms with Gasteiger partial charge in [0.2, 0.25) is 10.0 Å². The van der Waals surface area contributed by atoms with Gasteiger partial charge in [-0.05, 0) is 97.7 Å². The van der Waals surface area contributed by atoms with Crippen molar-refractivity contribution in [1.82, 2.24) is 4.72 Å². The molecule has 0 bridgehead atoms. The number of hydrogen-bond acceptors (Lipinski definition) is 3. The smallest absolute Gasteiger partial charge is 0.210 e. The zero-order valence-corrected chi connectivity index (χ0v) is 18.0. The van der Waals surface area contributed by atoms with Crippen molar-refractivity contribution in [2.45, 2.75) is 70.6 Å². The first-order chi connectivity index (χ1) is 12.2. The van der Waals surface area contributed by atoms with Gasteiger partial charge in [0.25, 0.3) is 0 Å². The van der Waals surface area contributed by atoms with Gasteiger partial charge in [-0.1, -0.05) is 12.8 Å². The van der Waals surface area contributed by atoms with E-state index >= 15 is 0 Å². The van der Waals surface area contributed by atoms with Gasteiger partial charge in [-0.3, -0.25) is 0 Å². The molecule has 1 heterocycles. The third-order valence-corrected chi connectivity index (χ3v) is 8.85. The number of rotatable bonds is 5. The summed E-state index contributed by atoms with van der Waals surface area (Å²) >= 11 is 1.69. The maximum atomic E-state index is 13.2. The molecular weight excluding hydrogens is 362 g/mol. The topological polar surface area (TPSA) is 46.2 Å². The van der Waals surface area contributed by atoms with Gasteiger partial charge in [0.05, 0.1) is 4.90 Å². The fourth-order valence-electron chi connectivity index (χ4n) is 4.36. The molecule has 26 heavy (non-hydrogen) atoms. The number of thiophene rings is 1. The lowest BCUT2D eigenvalue weighted by Crippen LogP contribution is -2.39. The highest BCUT2D eigenvalue weighted by atomic mass is 32.2. The molecule has 1 saturated carbocycles. The summed E-state index contributed by atoms with van der Waals surface area (Å²) in [4.78, 5) is 0.469. The Morgan fingerprint density at radius 1 is 0.962 bits per heavy atom. The molecule has 1 aliphatic carbocycles. The van der Waals surface area contributed by atoms with Crippen LogP contribution in [0, 0.1) is 34.6 Å². The van der Waals surface area contributed by atoms with Crippen LogP contribution in [0.25, 0.3) is 0 Å². The van der Waals surface area contributed by atoms with Crippen LogP contribution in [-0.4, -0.2) is 15.0 Å². The molecule has 1 aromatic carbocycles. The summed E-state index contributed by atoms with van der Waals surface area (Å²) in [5, 5.41) is 4.27. The van der Waals surface area contributed by atoms with E-state index < -0.39 is 10.0 Å². The van der Waals surface area contributed by atoms with Crippen LogP contribution >= 0.6 is 11.3 Å². The second-order valence-electron chi connectivity index (χ2n) is 7.78. The maximum Gasteiger partial charge on any atom is 0.241 e. The zero-order valence-electron chi connectivity index (χ0n) is 16.4. The van der Waals surface area contributed by atoms with Gasteiger partial charge in [0.15, 0.2) is 0 Å². The molecule has 1 N–H and O–H groups in total. The summed E-state index contributed by atoms with van der Waals surface area (Å²) in [7, 11) is -3.55. The molecule has 1 aliphatic rings. The first-order valence-electron chi connectivity index (χ1n) is 9.29. The highest BCUT2D eigenvalue weighted by Crippen LogP contribution is 2.42. The van der Waals surface area contributed by atoms with E-state index in [0.717, 1.165) is 35.1 Å². The van der Waals surface area contributed by atoms with Crippen LogP contribution in [0.5, 0.6) is 0 Å². The Bertz CT molecular complexity index is 877. The summed E-state index contributed by atoms with van der Waals surface area (Å²) in [6.45, 7) is 10.4. The molecule has 0 unspecified atom stereocenters. The van der Waals surface area contributed by atoms with Crippen molar-refractivity contribution in [3.05, 3.63) is 50.2 Å². The van der Waals surface area contributed by atoms with Crippen molar-refractivity contribution in [3.8, 4) is 0 Å². The quantitative estimate of drug-likeness (QED) is 0.772. The van der Waals surface area contributed by atoms with Crippen molar-refractivity contribution < 1.29 is 8.42 Å². The fraction of sp³-hybridized carbons (Fsp3) is 0.524. The standard InChI is InChI=1S/C21H29NO2S2/c1-14-15(2)17(4)20(18(5)16(14)3)26(23,24)22-13-21(9-6-7-10-21)19-8-11-25-12-19/h8,11-12,22H,6-7,9-10,13H2,1-5H3. The minimum absolute atomic E-state index is 0.0519. The Morgan fingerprint density at radius 3 is 2.00 bits per heavy atom. The van der Waals surface area contributed by atoms with E-state index in [4.69, 9.17) is 0 Å². The Hall–Kier alpha value is -1.17. The Kier molecular flexibility index (Phi) is 5.35. The summed E-state index contributed by atoms with van der Waals surface area (Å²) in [6.07, 6.45) is 4.43. The van der Waals surface area contributed by atoms with Gasteiger partial charge < -0.3 is 0 Å².